The van der Waals surface area contributed by atoms with Crippen LogP contribution in [0.5, 0.6) is 0 Å². The van der Waals surface area contributed by atoms with Crippen molar-refractivity contribution >= 4 is 23.3 Å². The van der Waals surface area contributed by atoms with Gasteiger partial charge in [-0.1, -0.05) is 19.9 Å². The summed E-state index contributed by atoms with van der Waals surface area (Å²) in [5.41, 5.74) is -0.106. The first-order valence-corrected chi connectivity index (χ1v) is 8.07. The topological polar surface area (TPSA) is 78.4 Å². The second kappa shape index (κ2) is 6.47. The first kappa shape index (κ1) is 15.8. The number of aliphatic carboxylic acids is 1. The quantitative estimate of drug-likeness (QED) is 0.782. The number of nitrogens with one attached hydrogen (secondary N) is 2. The van der Waals surface area contributed by atoms with Crippen LogP contribution in [0.2, 0.25) is 0 Å². The smallest absolute Gasteiger partial charge is 0.315 e. The van der Waals surface area contributed by atoms with Gasteiger partial charge >= 0.3 is 12.0 Å². The molecule has 2 atom stereocenters. The molecular formula is C15H22N2O3S. The van der Waals surface area contributed by atoms with Crippen LogP contribution in [0, 0.1) is 5.92 Å². The van der Waals surface area contributed by atoms with Crippen molar-refractivity contribution in [1.82, 2.24) is 10.6 Å². The molecule has 1 saturated carbocycles. The van der Waals surface area contributed by atoms with E-state index in [0.717, 1.165) is 6.42 Å². The number of hydrogen-bond donors (Lipinski definition) is 3. The molecular weight excluding hydrogens is 288 g/mol. The van der Waals surface area contributed by atoms with Crippen molar-refractivity contribution in [1.29, 1.82) is 0 Å². The summed E-state index contributed by atoms with van der Waals surface area (Å²) >= 11 is 1.68. The van der Waals surface area contributed by atoms with Crippen LogP contribution in [0.3, 0.4) is 0 Å². The Bertz CT molecular complexity index is 499. The van der Waals surface area contributed by atoms with E-state index in [1.54, 1.807) is 11.3 Å². The van der Waals surface area contributed by atoms with Crippen molar-refractivity contribution in [3.8, 4) is 0 Å². The van der Waals surface area contributed by atoms with Crippen LogP contribution in [0.4, 0.5) is 4.79 Å². The first-order valence-electron chi connectivity index (χ1n) is 7.19. The third-order valence-electron chi connectivity index (χ3n) is 4.00. The van der Waals surface area contributed by atoms with Crippen LogP contribution >= 0.6 is 11.3 Å². The van der Waals surface area contributed by atoms with Crippen molar-refractivity contribution < 1.29 is 14.7 Å². The molecule has 3 N–H and O–H groups in total. The maximum absolute atomic E-state index is 11.9. The minimum absolute atomic E-state index is 0.0315. The van der Waals surface area contributed by atoms with E-state index in [1.807, 2.05) is 11.4 Å². The van der Waals surface area contributed by atoms with E-state index in [4.69, 9.17) is 5.11 Å². The number of urea groups is 1. The van der Waals surface area contributed by atoms with Gasteiger partial charge in [0.25, 0.3) is 0 Å². The van der Waals surface area contributed by atoms with Crippen LogP contribution in [-0.4, -0.2) is 29.7 Å². The fourth-order valence-electron chi connectivity index (χ4n) is 2.63. The molecule has 0 unspecified atom stereocenters. The predicted molar refractivity (Wildman–Crippen MR) is 82.6 cm³/mol. The highest BCUT2D eigenvalue weighted by atomic mass is 32.1. The average Bonchev–Trinajstić information content (AvgIpc) is 3.07. The zero-order chi connectivity index (χ0) is 15.5. The Morgan fingerprint density at radius 3 is 2.76 bits per heavy atom. The number of hydrogen-bond acceptors (Lipinski definition) is 3. The van der Waals surface area contributed by atoms with Gasteiger partial charge in [-0.2, -0.15) is 0 Å². The number of carboxylic acids is 1. The van der Waals surface area contributed by atoms with Gasteiger partial charge < -0.3 is 15.7 Å². The lowest BCUT2D eigenvalue weighted by molar-refractivity contribution is -0.141. The van der Waals surface area contributed by atoms with Gasteiger partial charge in [0.2, 0.25) is 0 Å². The Balaban J connectivity index is 1.77. The summed E-state index contributed by atoms with van der Waals surface area (Å²) in [6, 6.07) is 3.83. The number of amides is 2. The van der Waals surface area contributed by atoms with E-state index in [2.05, 4.69) is 30.5 Å². The molecule has 2 rings (SSSR count). The molecule has 0 aliphatic heterocycles. The largest absolute Gasteiger partial charge is 0.481 e. The molecule has 1 heterocycles. The van der Waals surface area contributed by atoms with Gasteiger partial charge in [0, 0.05) is 22.9 Å². The second-order valence-corrected chi connectivity index (χ2v) is 7.18. The van der Waals surface area contributed by atoms with Gasteiger partial charge in [-0.3, -0.25) is 4.79 Å². The molecule has 116 valence electrons. The molecule has 6 heteroatoms. The lowest BCUT2D eigenvalue weighted by Crippen LogP contribution is -2.45. The van der Waals surface area contributed by atoms with Crippen LogP contribution in [0.25, 0.3) is 0 Å². The van der Waals surface area contributed by atoms with Gasteiger partial charge in [-0.15, -0.1) is 11.3 Å². The molecule has 1 aromatic heterocycles. The fourth-order valence-corrected chi connectivity index (χ4v) is 3.48. The van der Waals surface area contributed by atoms with Crippen molar-refractivity contribution in [3.63, 3.8) is 0 Å². The van der Waals surface area contributed by atoms with E-state index in [1.165, 1.54) is 4.88 Å². The van der Waals surface area contributed by atoms with Crippen molar-refractivity contribution in [2.75, 3.05) is 6.54 Å². The maximum Gasteiger partial charge on any atom is 0.315 e. The molecule has 0 saturated heterocycles. The summed E-state index contributed by atoms with van der Waals surface area (Å²) in [6.07, 6.45) is 1.90. The molecule has 0 spiro atoms. The van der Waals surface area contributed by atoms with Gasteiger partial charge in [-0.05, 0) is 30.7 Å². The Morgan fingerprint density at radius 1 is 1.43 bits per heavy atom. The first-order chi connectivity index (χ1) is 9.88. The predicted octanol–water partition coefficient (Wildman–Crippen LogP) is 2.58. The number of rotatable bonds is 5. The summed E-state index contributed by atoms with van der Waals surface area (Å²) < 4.78 is 0. The zero-order valence-electron chi connectivity index (χ0n) is 12.4. The number of carbonyl (C=O) groups is 2. The molecule has 1 fully saturated rings. The highest BCUT2D eigenvalue weighted by molar-refractivity contribution is 7.10. The van der Waals surface area contributed by atoms with E-state index >= 15 is 0 Å². The van der Waals surface area contributed by atoms with E-state index in [9.17, 15) is 9.59 Å². The summed E-state index contributed by atoms with van der Waals surface area (Å²) in [7, 11) is 0. The summed E-state index contributed by atoms with van der Waals surface area (Å²) in [5, 5.41) is 16.7. The molecule has 1 aliphatic rings. The monoisotopic (exact) mass is 310 g/mol. The van der Waals surface area contributed by atoms with Crippen molar-refractivity contribution in [2.45, 2.75) is 44.6 Å². The van der Waals surface area contributed by atoms with Crippen LogP contribution in [-0.2, 0) is 10.2 Å². The third-order valence-corrected chi connectivity index (χ3v) is 5.23. The molecule has 1 aliphatic carbocycles. The third kappa shape index (κ3) is 4.20. The minimum Gasteiger partial charge on any atom is -0.481 e. The van der Waals surface area contributed by atoms with Gasteiger partial charge in [0.05, 0.1) is 5.92 Å². The Hall–Kier alpha value is -1.56. The summed E-state index contributed by atoms with van der Waals surface area (Å²) in [5.74, 6) is -1.09. The summed E-state index contributed by atoms with van der Waals surface area (Å²) in [6.45, 7) is 4.73. The molecule has 1 aromatic rings. The highest BCUT2D eigenvalue weighted by Crippen LogP contribution is 2.27. The molecule has 2 amide bonds. The van der Waals surface area contributed by atoms with Gasteiger partial charge in [0.15, 0.2) is 0 Å². The van der Waals surface area contributed by atoms with Gasteiger partial charge in [0.1, 0.15) is 0 Å². The van der Waals surface area contributed by atoms with Crippen LogP contribution < -0.4 is 10.6 Å². The van der Waals surface area contributed by atoms with Crippen molar-refractivity contribution in [2.24, 2.45) is 5.92 Å². The van der Waals surface area contributed by atoms with Crippen LogP contribution in [0.15, 0.2) is 17.5 Å². The number of carboxylic acid groups (broad SMARTS) is 1. The lowest BCUT2D eigenvalue weighted by atomic mass is 9.91. The molecule has 0 radical (unpaired) electrons. The Labute approximate surface area is 128 Å². The summed E-state index contributed by atoms with van der Waals surface area (Å²) in [4.78, 5) is 24.1. The van der Waals surface area contributed by atoms with E-state index in [-0.39, 0.29) is 23.4 Å². The SMILES string of the molecule is CC(C)(CNC(=O)N[C@H]1CC[C@@H](C(=O)O)C1)c1cccs1. The highest BCUT2D eigenvalue weighted by Gasteiger charge is 2.31. The van der Waals surface area contributed by atoms with Crippen molar-refractivity contribution in [3.05, 3.63) is 22.4 Å². The normalized spacial score (nSPS) is 22.0. The number of carbonyl (C=O) groups excluding carboxylic acids is 1. The van der Waals surface area contributed by atoms with E-state index in [0.29, 0.717) is 19.4 Å². The lowest BCUT2D eigenvalue weighted by Gasteiger charge is -2.24. The molecule has 21 heavy (non-hydrogen) atoms. The minimum atomic E-state index is -0.765. The number of thiophene rings is 1. The Morgan fingerprint density at radius 2 is 2.19 bits per heavy atom. The average molecular weight is 310 g/mol. The van der Waals surface area contributed by atoms with Gasteiger partial charge in [-0.25, -0.2) is 4.79 Å². The Kier molecular flexibility index (Phi) is 4.88. The molecule has 5 nitrogen and oxygen atoms in total. The van der Waals surface area contributed by atoms with E-state index < -0.39 is 5.97 Å². The molecule has 0 aromatic carbocycles. The fraction of sp³-hybridized carbons (Fsp3) is 0.600. The zero-order valence-corrected chi connectivity index (χ0v) is 13.2. The van der Waals surface area contributed by atoms with Crippen LogP contribution in [0.1, 0.15) is 38.0 Å². The maximum atomic E-state index is 11.9. The second-order valence-electron chi connectivity index (χ2n) is 6.23. The molecule has 0 bridgehead atoms. The standard InChI is InChI=1S/C15H22N2O3S/c1-15(2,12-4-3-7-21-12)9-16-14(20)17-11-6-5-10(8-11)13(18)19/h3-4,7,10-11H,5-6,8-9H2,1-2H3,(H,18,19)(H2,16,17,20)/t10-,11+/m1/s1.